The van der Waals surface area contributed by atoms with E-state index in [1.807, 2.05) is 24.3 Å². The van der Waals surface area contributed by atoms with E-state index < -0.39 is 0 Å². The Morgan fingerprint density at radius 1 is 1.14 bits per heavy atom. The molecule has 3 rings (SSSR count). The Hall–Kier alpha value is -3.02. The fourth-order valence-electron chi connectivity index (χ4n) is 2.05. The van der Waals surface area contributed by atoms with E-state index in [4.69, 9.17) is 0 Å². The highest BCUT2D eigenvalue weighted by molar-refractivity contribution is 6.00. The Morgan fingerprint density at radius 2 is 2.05 bits per heavy atom. The predicted octanol–water partition coefficient (Wildman–Crippen LogP) is 1.43. The maximum Gasteiger partial charge on any atom is 0.253 e. The van der Waals surface area contributed by atoms with E-state index in [9.17, 15) is 9.59 Å². The van der Waals surface area contributed by atoms with Crippen LogP contribution in [0, 0.1) is 0 Å². The molecule has 3 aromatic rings. The first-order valence-electron chi connectivity index (χ1n) is 6.38. The standard InChI is InChI=1S/C15H12N4O2/c20-14(9-19-10-16-8-6-15(19)21)18-13-5-1-4-12-11(13)3-2-7-17-12/h1-8,10H,9H2,(H,18,20). The first-order chi connectivity index (χ1) is 10.2. The van der Waals surface area contributed by atoms with Crippen LogP contribution < -0.4 is 10.9 Å². The van der Waals surface area contributed by atoms with Gasteiger partial charge in [0, 0.05) is 23.8 Å². The van der Waals surface area contributed by atoms with Crippen LogP contribution in [-0.2, 0) is 11.3 Å². The molecule has 0 saturated carbocycles. The molecule has 0 spiro atoms. The number of carbonyl (C=O) groups excluding carboxylic acids is 1. The van der Waals surface area contributed by atoms with Gasteiger partial charge in [0.15, 0.2) is 0 Å². The van der Waals surface area contributed by atoms with Gasteiger partial charge in [-0.15, -0.1) is 0 Å². The number of anilines is 1. The minimum atomic E-state index is -0.290. The molecule has 0 fully saturated rings. The molecule has 0 aliphatic carbocycles. The molecule has 2 heterocycles. The number of amides is 1. The molecule has 1 amide bonds. The van der Waals surface area contributed by atoms with Crippen molar-refractivity contribution in [3.05, 3.63) is 65.5 Å². The number of hydrogen-bond donors (Lipinski definition) is 1. The molecule has 104 valence electrons. The van der Waals surface area contributed by atoms with E-state index in [-0.39, 0.29) is 18.0 Å². The molecule has 21 heavy (non-hydrogen) atoms. The lowest BCUT2D eigenvalue weighted by molar-refractivity contribution is -0.116. The van der Waals surface area contributed by atoms with Gasteiger partial charge in [0.1, 0.15) is 6.54 Å². The summed E-state index contributed by atoms with van der Waals surface area (Å²) in [6, 6.07) is 10.5. The molecule has 0 aliphatic heterocycles. The van der Waals surface area contributed by atoms with E-state index in [2.05, 4.69) is 15.3 Å². The number of pyridine rings is 1. The van der Waals surface area contributed by atoms with Crippen molar-refractivity contribution in [2.75, 3.05) is 5.32 Å². The van der Waals surface area contributed by atoms with Crippen LogP contribution in [0.2, 0.25) is 0 Å². The van der Waals surface area contributed by atoms with Crippen molar-refractivity contribution in [1.82, 2.24) is 14.5 Å². The lowest BCUT2D eigenvalue weighted by atomic mass is 10.2. The summed E-state index contributed by atoms with van der Waals surface area (Å²) in [5.74, 6) is -0.290. The van der Waals surface area contributed by atoms with Crippen molar-refractivity contribution in [3.8, 4) is 0 Å². The first-order valence-corrected chi connectivity index (χ1v) is 6.38. The van der Waals surface area contributed by atoms with E-state index >= 15 is 0 Å². The predicted molar refractivity (Wildman–Crippen MR) is 78.9 cm³/mol. The van der Waals surface area contributed by atoms with Gasteiger partial charge in [0.25, 0.3) is 5.56 Å². The maximum atomic E-state index is 12.1. The number of fused-ring (bicyclic) bond motifs is 1. The second-order valence-corrected chi connectivity index (χ2v) is 4.47. The number of nitrogens with zero attached hydrogens (tertiary/aromatic N) is 3. The number of benzene rings is 1. The summed E-state index contributed by atoms with van der Waals surface area (Å²) >= 11 is 0. The van der Waals surface area contributed by atoms with Gasteiger partial charge in [-0.3, -0.25) is 19.1 Å². The van der Waals surface area contributed by atoms with Gasteiger partial charge in [-0.25, -0.2) is 4.98 Å². The number of hydrogen-bond acceptors (Lipinski definition) is 4. The number of rotatable bonds is 3. The minimum Gasteiger partial charge on any atom is -0.324 e. The third-order valence-corrected chi connectivity index (χ3v) is 3.03. The quantitative estimate of drug-likeness (QED) is 0.787. The smallest absolute Gasteiger partial charge is 0.253 e. The van der Waals surface area contributed by atoms with Crippen LogP contribution >= 0.6 is 0 Å². The first kappa shape index (κ1) is 13.0. The van der Waals surface area contributed by atoms with Crippen molar-refractivity contribution >= 4 is 22.5 Å². The minimum absolute atomic E-state index is 0.0800. The molecule has 1 N–H and O–H groups in total. The second-order valence-electron chi connectivity index (χ2n) is 4.47. The Kier molecular flexibility index (Phi) is 3.42. The average Bonchev–Trinajstić information content (AvgIpc) is 2.50. The summed E-state index contributed by atoms with van der Waals surface area (Å²) in [7, 11) is 0. The maximum absolute atomic E-state index is 12.1. The van der Waals surface area contributed by atoms with Crippen LogP contribution in [-0.4, -0.2) is 20.4 Å². The zero-order chi connectivity index (χ0) is 14.7. The molecule has 0 atom stereocenters. The molecular formula is C15H12N4O2. The largest absolute Gasteiger partial charge is 0.324 e. The highest BCUT2D eigenvalue weighted by Crippen LogP contribution is 2.21. The summed E-state index contributed by atoms with van der Waals surface area (Å²) in [5, 5.41) is 3.65. The molecule has 0 bridgehead atoms. The Bertz CT molecular complexity index is 852. The van der Waals surface area contributed by atoms with Crippen molar-refractivity contribution < 1.29 is 4.79 Å². The lowest BCUT2D eigenvalue weighted by Crippen LogP contribution is -2.27. The van der Waals surface area contributed by atoms with Gasteiger partial charge in [0.2, 0.25) is 5.91 Å². The topological polar surface area (TPSA) is 76.9 Å². The van der Waals surface area contributed by atoms with Crippen molar-refractivity contribution in [2.24, 2.45) is 0 Å². The molecule has 0 aliphatic rings. The molecule has 6 heteroatoms. The van der Waals surface area contributed by atoms with Crippen LogP contribution in [0.25, 0.3) is 10.9 Å². The van der Waals surface area contributed by atoms with Crippen LogP contribution in [0.1, 0.15) is 0 Å². The van der Waals surface area contributed by atoms with Gasteiger partial charge in [-0.1, -0.05) is 6.07 Å². The van der Waals surface area contributed by atoms with Crippen LogP contribution in [0.3, 0.4) is 0 Å². The highest BCUT2D eigenvalue weighted by Gasteiger charge is 2.07. The van der Waals surface area contributed by atoms with Crippen molar-refractivity contribution in [1.29, 1.82) is 0 Å². The van der Waals surface area contributed by atoms with Crippen molar-refractivity contribution in [3.63, 3.8) is 0 Å². The molecule has 2 aromatic heterocycles. The summed E-state index contributed by atoms with van der Waals surface area (Å²) in [5.41, 5.74) is 1.20. The van der Waals surface area contributed by atoms with Gasteiger partial charge in [-0.2, -0.15) is 0 Å². The van der Waals surface area contributed by atoms with Gasteiger partial charge in [-0.05, 0) is 24.3 Å². The zero-order valence-electron chi connectivity index (χ0n) is 11.1. The molecule has 0 radical (unpaired) electrons. The molecule has 0 unspecified atom stereocenters. The van der Waals surface area contributed by atoms with Crippen molar-refractivity contribution in [2.45, 2.75) is 6.54 Å². The number of carbonyl (C=O) groups is 1. The van der Waals surface area contributed by atoms with E-state index in [1.165, 1.54) is 23.2 Å². The average molecular weight is 280 g/mol. The zero-order valence-corrected chi connectivity index (χ0v) is 11.1. The summed E-state index contributed by atoms with van der Waals surface area (Å²) in [4.78, 5) is 31.7. The molecular weight excluding hydrogens is 268 g/mol. The third-order valence-electron chi connectivity index (χ3n) is 3.03. The van der Waals surface area contributed by atoms with E-state index in [0.29, 0.717) is 5.69 Å². The van der Waals surface area contributed by atoms with Gasteiger partial charge < -0.3 is 5.32 Å². The SMILES string of the molecule is O=C(Cn1cnccc1=O)Nc1cccc2ncccc12. The van der Waals surface area contributed by atoms with Crippen LogP contribution in [0.4, 0.5) is 5.69 Å². The van der Waals surface area contributed by atoms with E-state index in [0.717, 1.165) is 10.9 Å². The Balaban J connectivity index is 1.84. The second kappa shape index (κ2) is 5.54. The third kappa shape index (κ3) is 2.79. The normalized spacial score (nSPS) is 10.5. The molecule has 0 saturated heterocycles. The highest BCUT2D eigenvalue weighted by atomic mass is 16.2. The monoisotopic (exact) mass is 280 g/mol. The fourth-order valence-corrected chi connectivity index (χ4v) is 2.05. The lowest BCUT2D eigenvalue weighted by Gasteiger charge is -2.09. The Morgan fingerprint density at radius 3 is 2.90 bits per heavy atom. The summed E-state index contributed by atoms with van der Waals surface area (Å²) in [6.45, 7) is -0.0800. The van der Waals surface area contributed by atoms with Gasteiger partial charge >= 0.3 is 0 Å². The summed E-state index contributed by atoms with van der Waals surface area (Å²) < 4.78 is 1.25. The number of aromatic nitrogens is 3. The van der Waals surface area contributed by atoms with Crippen LogP contribution in [0.15, 0.2) is 59.9 Å². The summed E-state index contributed by atoms with van der Waals surface area (Å²) in [6.07, 6.45) is 4.43. The molecule has 6 nitrogen and oxygen atoms in total. The van der Waals surface area contributed by atoms with E-state index in [1.54, 1.807) is 12.3 Å². The van der Waals surface area contributed by atoms with Gasteiger partial charge in [0.05, 0.1) is 17.5 Å². The van der Waals surface area contributed by atoms with Crippen LogP contribution in [0.5, 0.6) is 0 Å². The fraction of sp³-hybridized carbons (Fsp3) is 0.0667. The molecule has 1 aromatic carbocycles. The number of nitrogens with one attached hydrogen (secondary N) is 1. The Labute approximate surface area is 120 Å².